The van der Waals surface area contributed by atoms with Gasteiger partial charge in [-0.15, -0.1) is 0 Å². The van der Waals surface area contributed by atoms with Gasteiger partial charge in [-0.3, -0.25) is 14.4 Å². The number of morpholine rings is 1. The van der Waals surface area contributed by atoms with E-state index in [1.807, 2.05) is 6.92 Å². The van der Waals surface area contributed by atoms with E-state index >= 15 is 0 Å². The van der Waals surface area contributed by atoms with Crippen molar-refractivity contribution in [1.82, 2.24) is 15.6 Å². The summed E-state index contributed by atoms with van der Waals surface area (Å²) >= 11 is 0. The number of benzene rings is 1. The molecule has 1 aliphatic rings. The Bertz CT molecular complexity index is 701. The van der Waals surface area contributed by atoms with Crippen molar-refractivity contribution >= 4 is 23.9 Å². The van der Waals surface area contributed by atoms with Gasteiger partial charge in [0.15, 0.2) is 6.61 Å². The van der Waals surface area contributed by atoms with Crippen molar-refractivity contribution in [2.24, 2.45) is 5.10 Å². The highest BCUT2D eigenvalue weighted by Gasteiger charge is 2.17. The molecule has 1 saturated heterocycles. The van der Waals surface area contributed by atoms with E-state index in [4.69, 9.17) is 9.47 Å². The molecule has 0 bridgehead atoms. The number of rotatable bonds is 8. The summed E-state index contributed by atoms with van der Waals surface area (Å²) < 4.78 is 10.8. The van der Waals surface area contributed by atoms with Crippen LogP contribution in [0.2, 0.25) is 0 Å². The molecule has 1 aliphatic heterocycles. The summed E-state index contributed by atoms with van der Waals surface area (Å²) in [6, 6.07) is 6.97. The van der Waals surface area contributed by atoms with Crippen LogP contribution in [0, 0.1) is 0 Å². The van der Waals surface area contributed by atoms with Gasteiger partial charge < -0.3 is 19.7 Å². The van der Waals surface area contributed by atoms with Crippen LogP contribution < -0.4 is 15.5 Å². The molecule has 152 valence electrons. The maximum absolute atomic E-state index is 12.2. The second-order valence-corrected chi connectivity index (χ2v) is 6.13. The fourth-order valence-corrected chi connectivity index (χ4v) is 2.43. The van der Waals surface area contributed by atoms with E-state index in [1.54, 1.807) is 29.2 Å². The summed E-state index contributed by atoms with van der Waals surface area (Å²) in [6.45, 7) is 4.50. The Morgan fingerprint density at radius 3 is 2.71 bits per heavy atom. The quantitative estimate of drug-likeness (QED) is 0.287. The van der Waals surface area contributed by atoms with Crippen molar-refractivity contribution in [2.75, 3.05) is 39.5 Å². The molecule has 0 radical (unpaired) electrons. The molecule has 28 heavy (non-hydrogen) atoms. The first-order valence-electron chi connectivity index (χ1n) is 9.30. The van der Waals surface area contributed by atoms with Gasteiger partial charge in [-0.25, -0.2) is 5.43 Å². The predicted molar refractivity (Wildman–Crippen MR) is 103 cm³/mol. The first kappa shape index (κ1) is 21.4. The number of carbonyl (C=O) groups excluding carboxylic acids is 3. The molecule has 0 aliphatic carbocycles. The number of amides is 3. The molecule has 1 heterocycles. The summed E-state index contributed by atoms with van der Waals surface area (Å²) in [6.07, 6.45) is 3.09. The predicted octanol–water partition coefficient (Wildman–Crippen LogP) is 0.291. The molecule has 3 amide bonds. The Balaban J connectivity index is 1.85. The Labute approximate surface area is 164 Å². The molecule has 0 atom stereocenters. The second kappa shape index (κ2) is 11.7. The normalized spacial score (nSPS) is 14.0. The van der Waals surface area contributed by atoms with Gasteiger partial charge in [-0.1, -0.05) is 25.5 Å². The first-order chi connectivity index (χ1) is 13.6. The molecular weight excluding hydrogens is 364 g/mol. The zero-order chi connectivity index (χ0) is 20.2. The van der Waals surface area contributed by atoms with Gasteiger partial charge >= 0.3 is 11.8 Å². The average molecular weight is 390 g/mol. The molecule has 1 aromatic carbocycles. The molecule has 9 nitrogen and oxygen atoms in total. The number of nitrogens with one attached hydrogen (secondary N) is 2. The third kappa shape index (κ3) is 6.99. The molecule has 0 saturated carbocycles. The van der Waals surface area contributed by atoms with Crippen LogP contribution in [-0.2, 0) is 19.1 Å². The van der Waals surface area contributed by atoms with Crippen molar-refractivity contribution in [3.05, 3.63) is 29.8 Å². The number of para-hydroxylation sites is 1. The van der Waals surface area contributed by atoms with E-state index in [9.17, 15) is 14.4 Å². The van der Waals surface area contributed by atoms with Gasteiger partial charge in [-0.2, -0.15) is 5.10 Å². The Morgan fingerprint density at radius 2 is 1.96 bits per heavy atom. The van der Waals surface area contributed by atoms with Gasteiger partial charge in [0.1, 0.15) is 5.75 Å². The van der Waals surface area contributed by atoms with Gasteiger partial charge in [0.2, 0.25) is 0 Å². The van der Waals surface area contributed by atoms with E-state index < -0.39 is 11.8 Å². The zero-order valence-electron chi connectivity index (χ0n) is 16.0. The van der Waals surface area contributed by atoms with Crippen molar-refractivity contribution in [3.8, 4) is 5.75 Å². The van der Waals surface area contributed by atoms with Gasteiger partial charge in [0, 0.05) is 25.2 Å². The Hall–Kier alpha value is -2.94. The Kier molecular flexibility index (Phi) is 8.93. The summed E-state index contributed by atoms with van der Waals surface area (Å²) in [4.78, 5) is 37.1. The van der Waals surface area contributed by atoms with Crippen molar-refractivity contribution in [2.45, 2.75) is 19.8 Å². The lowest BCUT2D eigenvalue weighted by Gasteiger charge is -2.26. The van der Waals surface area contributed by atoms with Crippen LogP contribution in [0.15, 0.2) is 29.4 Å². The van der Waals surface area contributed by atoms with Crippen LogP contribution in [0.3, 0.4) is 0 Å². The summed E-state index contributed by atoms with van der Waals surface area (Å²) in [5, 5.41) is 6.30. The SMILES string of the molecule is CCCCNC(=O)C(=O)N/N=C\c1ccccc1OCC(=O)N1CCOCC1. The second-order valence-electron chi connectivity index (χ2n) is 6.13. The van der Waals surface area contributed by atoms with Gasteiger partial charge in [0.05, 0.1) is 19.4 Å². The number of carbonyl (C=O) groups is 3. The molecule has 1 aromatic rings. The number of hydrazone groups is 1. The third-order valence-electron chi connectivity index (χ3n) is 4.03. The van der Waals surface area contributed by atoms with E-state index in [2.05, 4.69) is 15.8 Å². The average Bonchev–Trinajstić information content (AvgIpc) is 2.73. The van der Waals surface area contributed by atoms with Crippen LogP contribution in [0.1, 0.15) is 25.3 Å². The van der Waals surface area contributed by atoms with E-state index in [0.29, 0.717) is 44.2 Å². The zero-order valence-corrected chi connectivity index (χ0v) is 16.0. The lowest BCUT2D eigenvalue weighted by molar-refractivity contribution is -0.139. The molecule has 0 spiro atoms. The van der Waals surface area contributed by atoms with Gasteiger partial charge in [-0.05, 0) is 18.6 Å². The highest BCUT2D eigenvalue weighted by atomic mass is 16.5. The molecule has 0 aromatic heterocycles. The molecule has 1 fully saturated rings. The number of nitrogens with zero attached hydrogens (tertiary/aromatic N) is 2. The number of hydrogen-bond acceptors (Lipinski definition) is 6. The minimum absolute atomic E-state index is 0.100. The highest BCUT2D eigenvalue weighted by molar-refractivity contribution is 6.35. The lowest BCUT2D eigenvalue weighted by Crippen LogP contribution is -2.43. The van der Waals surface area contributed by atoms with Crippen LogP contribution in [0.5, 0.6) is 5.75 Å². The topological polar surface area (TPSA) is 109 Å². The molecular formula is C19H26N4O5. The fourth-order valence-electron chi connectivity index (χ4n) is 2.43. The highest BCUT2D eigenvalue weighted by Crippen LogP contribution is 2.16. The van der Waals surface area contributed by atoms with Crippen LogP contribution in [0.25, 0.3) is 0 Å². The lowest BCUT2D eigenvalue weighted by atomic mass is 10.2. The fraction of sp³-hybridized carbons (Fsp3) is 0.474. The summed E-state index contributed by atoms with van der Waals surface area (Å²) in [7, 11) is 0. The van der Waals surface area contributed by atoms with Crippen LogP contribution >= 0.6 is 0 Å². The van der Waals surface area contributed by atoms with E-state index in [0.717, 1.165) is 12.8 Å². The minimum Gasteiger partial charge on any atom is -0.483 e. The summed E-state index contributed by atoms with van der Waals surface area (Å²) in [5.74, 6) is -1.24. The monoisotopic (exact) mass is 390 g/mol. The van der Waals surface area contributed by atoms with E-state index in [-0.39, 0.29) is 12.5 Å². The maximum atomic E-state index is 12.2. The molecule has 0 unspecified atom stereocenters. The van der Waals surface area contributed by atoms with Crippen LogP contribution in [-0.4, -0.2) is 68.3 Å². The minimum atomic E-state index is -0.840. The largest absolute Gasteiger partial charge is 0.483 e. The number of ether oxygens (including phenoxy) is 2. The molecule has 2 N–H and O–H groups in total. The van der Waals surface area contributed by atoms with Crippen molar-refractivity contribution in [1.29, 1.82) is 0 Å². The van der Waals surface area contributed by atoms with Gasteiger partial charge in [0.25, 0.3) is 5.91 Å². The van der Waals surface area contributed by atoms with Crippen LogP contribution in [0.4, 0.5) is 0 Å². The smallest absolute Gasteiger partial charge is 0.329 e. The molecule has 9 heteroatoms. The first-order valence-corrected chi connectivity index (χ1v) is 9.30. The van der Waals surface area contributed by atoms with Crippen molar-refractivity contribution in [3.63, 3.8) is 0 Å². The number of unbranched alkanes of at least 4 members (excludes halogenated alkanes) is 1. The Morgan fingerprint density at radius 1 is 1.21 bits per heavy atom. The number of hydrogen-bond donors (Lipinski definition) is 2. The van der Waals surface area contributed by atoms with E-state index in [1.165, 1.54) is 6.21 Å². The summed E-state index contributed by atoms with van der Waals surface area (Å²) in [5.41, 5.74) is 2.75. The maximum Gasteiger partial charge on any atom is 0.329 e. The third-order valence-corrected chi connectivity index (χ3v) is 4.03. The molecule has 2 rings (SSSR count). The standard InChI is InChI=1S/C19H26N4O5/c1-2-3-8-20-18(25)19(26)22-21-13-15-6-4-5-7-16(15)28-14-17(24)23-9-11-27-12-10-23/h4-7,13H,2-3,8-12,14H2,1H3,(H,20,25)(H,22,26)/b21-13-. The van der Waals surface area contributed by atoms with Crippen molar-refractivity contribution < 1.29 is 23.9 Å².